The van der Waals surface area contributed by atoms with Gasteiger partial charge in [0.05, 0.1) is 19.8 Å². The van der Waals surface area contributed by atoms with Crippen LogP contribution in [0.3, 0.4) is 0 Å². The van der Waals surface area contributed by atoms with Crippen molar-refractivity contribution in [3.63, 3.8) is 0 Å². The zero-order valence-corrected chi connectivity index (χ0v) is 8.90. The second-order valence-corrected chi connectivity index (χ2v) is 4.40. The highest BCUT2D eigenvalue weighted by Gasteiger charge is 2.32. The first-order chi connectivity index (χ1) is 7.18. The molecule has 0 spiro atoms. The van der Waals surface area contributed by atoms with Gasteiger partial charge < -0.3 is 14.6 Å². The van der Waals surface area contributed by atoms with Crippen molar-refractivity contribution in [1.29, 1.82) is 0 Å². The summed E-state index contributed by atoms with van der Waals surface area (Å²) in [6.45, 7) is 4.53. The summed E-state index contributed by atoms with van der Waals surface area (Å²) in [6.07, 6.45) is 0.989. The zero-order chi connectivity index (χ0) is 10.7. The summed E-state index contributed by atoms with van der Waals surface area (Å²) < 4.78 is 10.7. The van der Waals surface area contributed by atoms with Gasteiger partial charge in [0.25, 0.3) is 0 Å². The largest absolute Gasteiger partial charge is 0.508 e. The Morgan fingerprint density at radius 2 is 2.27 bits per heavy atom. The van der Waals surface area contributed by atoms with Crippen molar-refractivity contribution in [1.82, 2.24) is 0 Å². The third-order valence-corrected chi connectivity index (χ3v) is 2.69. The van der Waals surface area contributed by atoms with Gasteiger partial charge in [0.2, 0.25) is 0 Å². The number of phenolic OH excluding ortho intramolecular Hbond substituents is 1. The molecule has 0 radical (unpaired) electrons. The van der Waals surface area contributed by atoms with E-state index in [1.54, 1.807) is 18.2 Å². The molecule has 0 saturated carbocycles. The van der Waals surface area contributed by atoms with Crippen molar-refractivity contribution < 1.29 is 14.6 Å². The molecule has 1 fully saturated rings. The minimum Gasteiger partial charge on any atom is -0.508 e. The Labute approximate surface area is 89.6 Å². The van der Waals surface area contributed by atoms with Crippen LogP contribution >= 0.6 is 0 Å². The first kappa shape index (κ1) is 10.3. The third kappa shape index (κ3) is 2.63. The van der Waals surface area contributed by atoms with Gasteiger partial charge in [-0.3, -0.25) is 0 Å². The monoisotopic (exact) mass is 208 g/mol. The van der Waals surface area contributed by atoms with Crippen molar-refractivity contribution >= 4 is 0 Å². The minimum absolute atomic E-state index is 0.241. The molecule has 82 valence electrons. The van der Waals surface area contributed by atoms with Gasteiger partial charge in [-0.2, -0.15) is 0 Å². The van der Waals surface area contributed by atoms with Gasteiger partial charge in [-0.15, -0.1) is 0 Å². The fourth-order valence-electron chi connectivity index (χ4n) is 1.58. The normalized spacial score (nSPS) is 18.2. The van der Waals surface area contributed by atoms with E-state index in [1.165, 1.54) is 0 Å². The molecule has 1 aromatic rings. The van der Waals surface area contributed by atoms with Gasteiger partial charge in [-0.25, -0.2) is 0 Å². The molecule has 0 bridgehead atoms. The Bertz CT molecular complexity index is 331. The van der Waals surface area contributed by atoms with Crippen LogP contribution in [0.1, 0.15) is 13.3 Å². The van der Waals surface area contributed by atoms with Crippen LogP contribution in [0.4, 0.5) is 0 Å². The topological polar surface area (TPSA) is 38.7 Å². The summed E-state index contributed by atoms with van der Waals surface area (Å²) in [5, 5.41) is 9.23. The van der Waals surface area contributed by atoms with Gasteiger partial charge >= 0.3 is 0 Å². The van der Waals surface area contributed by atoms with E-state index in [2.05, 4.69) is 6.92 Å². The highest BCUT2D eigenvalue weighted by molar-refractivity contribution is 5.31. The summed E-state index contributed by atoms with van der Waals surface area (Å²) >= 11 is 0. The Kier molecular flexibility index (Phi) is 2.82. The van der Waals surface area contributed by atoms with Gasteiger partial charge in [-0.05, 0) is 18.6 Å². The number of benzene rings is 1. The van der Waals surface area contributed by atoms with Crippen LogP contribution in [0.2, 0.25) is 0 Å². The second kappa shape index (κ2) is 4.11. The Balaban J connectivity index is 1.78. The fraction of sp³-hybridized carbons (Fsp3) is 0.500. The molecule has 1 aliphatic heterocycles. The maximum atomic E-state index is 9.23. The molecule has 0 aliphatic carbocycles. The quantitative estimate of drug-likeness (QED) is 0.824. The van der Waals surface area contributed by atoms with Crippen molar-refractivity contribution in [3.8, 4) is 11.5 Å². The zero-order valence-electron chi connectivity index (χ0n) is 8.90. The number of hydrogen-bond donors (Lipinski definition) is 1. The van der Waals surface area contributed by atoms with Crippen molar-refractivity contribution in [3.05, 3.63) is 24.3 Å². The molecule has 3 heteroatoms. The number of rotatable bonds is 4. The molecule has 1 heterocycles. The highest BCUT2D eigenvalue weighted by Crippen LogP contribution is 2.30. The van der Waals surface area contributed by atoms with Crippen LogP contribution in [0.5, 0.6) is 11.5 Å². The summed E-state index contributed by atoms with van der Waals surface area (Å²) in [4.78, 5) is 0. The van der Waals surface area contributed by atoms with E-state index in [0.717, 1.165) is 25.4 Å². The van der Waals surface area contributed by atoms with E-state index < -0.39 is 0 Å². The van der Waals surface area contributed by atoms with E-state index in [-0.39, 0.29) is 11.2 Å². The predicted molar refractivity (Wildman–Crippen MR) is 57.1 cm³/mol. The predicted octanol–water partition coefficient (Wildman–Crippen LogP) is 2.20. The Morgan fingerprint density at radius 1 is 1.47 bits per heavy atom. The van der Waals surface area contributed by atoms with E-state index in [9.17, 15) is 5.11 Å². The molecule has 1 aliphatic rings. The van der Waals surface area contributed by atoms with Crippen molar-refractivity contribution in [2.24, 2.45) is 5.41 Å². The average Bonchev–Trinajstić information content (AvgIpc) is 2.15. The van der Waals surface area contributed by atoms with Crippen LogP contribution in [0, 0.1) is 5.41 Å². The Morgan fingerprint density at radius 3 is 2.87 bits per heavy atom. The molecule has 0 unspecified atom stereocenters. The molecular weight excluding hydrogens is 192 g/mol. The minimum atomic E-state index is 0.241. The van der Waals surface area contributed by atoms with Gasteiger partial charge in [0, 0.05) is 11.5 Å². The van der Waals surface area contributed by atoms with E-state index in [0.29, 0.717) is 6.61 Å². The van der Waals surface area contributed by atoms with Crippen LogP contribution in [0.15, 0.2) is 24.3 Å². The highest BCUT2D eigenvalue weighted by atomic mass is 16.5. The molecule has 0 atom stereocenters. The van der Waals surface area contributed by atoms with Crippen LogP contribution in [-0.2, 0) is 4.74 Å². The third-order valence-electron chi connectivity index (χ3n) is 2.69. The summed E-state index contributed by atoms with van der Waals surface area (Å²) in [6, 6.07) is 6.88. The number of hydrogen-bond acceptors (Lipinski definition) is 3. The lowest BCUT2D eigenvalue weighted by atomic mass is 9.85. The number of ether oxygens (including phenoxy) is 2. The molecule has 0 amide bonds. The molecule has 1 N–H and O–H groups in total. The maximum Gasteiger partial charge on any atom is 0.122 e. The molecule has 15 heavy (non-hydrogen) atoms. The molecule has 1 saturated heterocycles. The van der Waals surface area contributed by atoms with Crippen LogP contribution in [0.25, 0.3) is 0 Å². The van der Waals surface area contributed by atoms with E-state index in [1.807, 2.05) is 6.07 Å². The first-order valence-electron chi connectivity index (χ1n) is 5.18. The SMILES string of the molecule is CC1(CCOc2cccc(O)c2)COC1. The van der Waals surface area contributed by atoms with Crippen LogP contribution < -0.4 is 4.74 Å². The standard InChI is InChI=1S/C12H16O3/c1-12(8-14-9-12)5-6-15-11-4-2-3-10(13)7-11/h2-4,7,13H,5-6,8-9H2,1H3. The van der Waals surface area contributed by atoms with Gasteiger partial charge in [-0.1, -0.05) is 13.0 Å². The molecule has 3 nitrogen and oxygen atoms in total. The smallest absolute Gasteiger partial charge is 0.122 e. The van der Waals surface area contributed by atoms with E-state index in [4.69, 9.17) is 9.47 Å². The maximum absolute atomic E-state index is 9.23. The lowest BCUT2D eigenvalue weighted by Gasteiger charge is -2.37. The summed E-state index contributed by atoms with van der Waals surface area (Å²) in [5.74, 6) is 0.963. The van der Waals surface area contributed by atoms with Crippen molar-refractivity contribution in [2.45, 2.75) is 13.3 Å². The lowest BCUT2D eigenvalue weighted by Crippen LogP contribution is -2.40. The van der Waals surface area contributed by atoms with Crippen molar-refractivity contribution in [2.75, 3.05) is 19.8 Å². The van der Waals surface area contributed by atoms with Gasteiger partial charge in [0.1, 0.15) is 11.5 Å². The first-order valence-corrected chi connectivity index (χ1v) is 5.18. The molecular formula is C12H16O3. The van der Waals surface area contributed by atoms with Gasteiger partial charge in [0.15, 0.2) is 0 Å². The fourth-order valence-corrected chi connectivity index (χ4v) is 1.58. The summed E-state index contributed by atoms with van der Waals surface area (Å²) in [5.41, 5.74) is 0.289. The number of phenols is 1. The summed E-state index contributed by atoms with van der Waals surface area (Å²) in [7, 11) is 0. The average molecular weight is 208 g/mol. The van der Waals surface area contributed by atoms with E-state index >= 15 is 0 Å². The lowest BCUT2D eigenvalue weighted by molar-refractivity contribution is -0.109. The molecule has 1 aromatic carbocycles. The number of aromatic hydroxyl groups is 1. The molecule has 2 rings (SSSR count). The molecule has 0 aromatic heterocycles. The Hall–Kier alpha value is -1.22. The second-order valence-electron chi connectivity index (χ2n) is 4.40. The van der Waals surface area contributed by atoms with Crippen LogP contribution in [-0.4, -0.2) is 24.9 Å².